The molecule has 0 N–H and O–H groups in total. The van der Waals surface area contributed by atoms with E-state index in [2.05, 4.69) is 197 Å². The van der Waals surface area contributed by atoms with E-state index in [0.29, 0.717) is 46.0 Å². The molecule has 6 heterocycles. The summed E-state index contributed by atoms with van der Waals surface area (Å²) in [4.78, 5) is 34.3. The summed E-state index contributed by atoms with van der Waals surface area (Å²) in [7, 11) is -9.64. The van der Waals surface area contributed by atoms with Crippen molar-refractivity contribution in [3.63, 3.8) is 0 Å². The van der Waals surface area contributed by atoms with Crippen LogP contribution >= 0.6 is 0 Å². The third-order valence-electron chi connectivity index (χ3n) is 14.0. The summed E-state index contributed by atoms with van der Waals surface area (Å²) in [5, 5.41) is 12.5. The van der Waals surface area contributed by atoms with Gasteiger partial charge in [0.1, 0.15) is 22.6 Å². The van der Waals surface area contributed by atoms with E-state index in [9.17, 15) is 0 Å². The van der Waals surface area contributed by atoms with Crippen LogP contribution in [0, 0.1) is 27.7 Å². The summed E-state index contributed by atoms with van der Waals surface area (Å²) < 4.78 is 20.8. The predicted octanol–water partition coefficient (Wildman–Crippen LogP) is 12.9. The molecule has 6 bridgehead atoms. The highest BCUT2D eigenvalue weighted by Gasteiger charge is 2.56. The third kappa shape index (κ3) is 6.50. The fourth-order valence-corrected chi connectivity index (χ4v) is 21.4. The van der Waals surface area contributed by atoms with E-state index < -0.39 is 25.5 Å². The fourth-order valence-electron chi connectivity index (χ4n) is 11.1. The highest BCUT2D eigenvalue weighted by atomic mass is 28.5. The molecule has 0 aliphatic carbocycles. The Labute approximate surface area is 413 Å². The number of nitrogens with zero attached hydrogens (tertiary/aromatic N) is 8. The fraction of sp³-hybridized carbons (Fsp3) is 0.172. The zero-order valence-electron chi connectivity index (χ0n) is 41.4. The first-order valence-corrected chi connectivity index (χ1v) is 32.9. The Hall–Kier alpha value is -7.27. The average molecular weight is 975 g/mol. The predicted molar refractivity (Wildman–Crippen MR) is 299 cm³/mol. The van der Waals surface area contributed by atoms with Crippen LogP contribution in [0.25, 0.3) is 64.6 Å². The van der Waals surface area contributed by atoms with Crippen LogP contribution in [0.4, 0.5) is 11.6 Å². The van der Waals surface area contributed by atoms with Gasteiger partial charge in [-0.25, -0.2) is 30.0 Å². The molecule has 0 saturated carbocycles. The Bertz CT molecular complexity index is 4410. The highest BCUT2D eigenvalue weighted by molar-refractivity contribution is 6.87. The van der Waals surface area contributed by atoms with Gasteiger partial charge in [-0.15, -0.1) is 0 Å². The van der Waals surface area contributed by atoms with Crippen molar-refractivity contribution in [2.45, 2.75) is 67.0 Å². The normalized spacial score (nSPS) is 15.7. The molecule has 10 nitrogen and oxygen atoms in total. The summed E-state index contributed by atoms with van der Waals surface area (Å²) in [6.45, 7) is 22.1. The summed E-state index contributed by atoms with van der Waals surface area (Å²) in [5.41, 5.74) is 9.68. The minimum atomic E-state index is -4.32. The Kier molecular flexibility index (Phi) is 8.65. The van der Waals surface area contributed by atoms with E-state index in [1.807, 2.05) is 0 Å². The van der Waals surface area contributed by atoms with Crippen LogP contribution in [0.15, 0.2) is 151 Å². The van der Waals surface area contributed by atoms with Crippen molar-refractivity contribution in [3.05, 3.63) is 177 Å². The van der Waals surface area contributed by atoms with Crippen molar-refractivity contribution < 1.29 is 8.23 Å². The van der Waals surface area contributed by atoms with Crippen molar-refractivity contribution in [1.82, 2.24) is 8.47 Å². The maximum atomic E-state index is 8.14. The molecule has 71 heavy (non-hydrogen) atoms. The number of fused-ring (bicyclic) bond motifs is 18. The number of hydrogen-bond acceptors (Lipinski definition) is 8. The number of aromatic nitrogens is 2. The molecule has 0 amide bonds. The maximum absolute atomic E-state index is 8.14. The first kappa shape index (κ1) is 42.6. The van der Waals surface area contributed by atoms with Gasteiger partial charge in [0, 0.05) is 43.8 Å². The molecule has 8 aromatic carbocycles. The van der Waals surface area contributed by atoms with Crippen LogP contribution in [0.5, 0.6) is 0 Å². The minimum Gasteiger partial charge on any atom is -0.404 e. The SMILES string of the molecule is Cc1ccc2cc3c(cc2c1)C1=NC3=Nc2c3cc4cc(C)ccc4cc3c3n2[Si](O[Si](C)(C)C)(O[Si](C)(C)C)n2c(c4cc5ccc(C)cc5cc4c2=N1)=NC1=NC(=N3)c2cc3cc(C)ccc3cc21. The van der Waals surface area contributed by atoms with Gasteiger partial charge in [0.2, 0.25) is 0 Å². The third-order valence-corrected chi connectivity index (χ3v) is 23.0. The van der Waals surface area contributed by atoms with Gasteiger partial charge >= 0.3 is 8.88 Å². The molecule has 0 fully saturated rings. The number of hydrogen-bond donors (Lipinski definition) is 0. The van der Waals surface area contributed by atoms with Gasteiger partial charge in [0.05, 0.1) is 0 Å². The molecule has 13 heteroatoms. The van der Waals surface area contributed by atoms with Crippen LogP contribution in [-0.2, 0) is 8.23 Å². The van der Waals surface area contributed by atoms with E-state index in [-0.39, 0.29) is 0 Å². The van der Waals surface area contributed by atoms with Gasteiger partial charge in [-0.1, -0.05) is 95.1 Å². The lowest BCUT2D eigenvalue weighted by Gasteiger charge is -2.41. The second-order valence-electron chi connectivity index (χ2n) is 21.9. The number of rotatable bonds is 4. The van der Waals surface area contributed by atoms with Gasteiger partial charge in [0.15, 0.2) is 40.0 Å². The molecule has 4 aliphatic rings. The molecule has 0 saturated heterocycles. The first-order valence-electron chi connectivity index (χ1n) is 24.4. The largest absolute Gasteiger partial charge is 0.582 e. The van der Waals surface area contributed by atoms with Crippen molar-refractivity contribution in [3.8, 4) is 0 Å². The van der Waals surface area contributed by atoms with Gasteiger partial charge in [-0.2, -0.15) is 0 Å². The Morgan fingerprint density at radius 2 is 0.648 bits per heavy atom. The van der Waals surface area contributed by atoms with Crippen LogP contribution in [0.1, 0.15) is 44.5 Å². The van der Waals surface area contributed by atoms with Gasteiger partial charge in [-0.3, -0.25) is 8.47 Å². The smallest absolute Gasteiger partial charge is 0.404 e. The quantitative estimate of drug-likeness (QED) is 0.164. The summed E-state index contributed by atoms with van der Waals surface area (Å²) in [5.74, 6) is 3.62. The lowest BCUT2D eigenvalue weighted by Crippen LogP contribution is -2.69. The lowest BCUT2D eigenvalue weighted by molar-refractivity contribution is 0.340. The van der Waals surface area contributed by atoms with E-state index >= 15 is 0 Å². The molecule has 10 aromatic rings. The van der Waals surface area contributed by atoms with Crippen LogP contribution < -0.4 is 11.0 Å². The molecule has 0 atom stereocenters. The lowest BCUT2D eigenvalue weighted by atomic mass is 9.99. The molecule has 346 valence electrons. The molecular weight excluding hydrogens is 925 g/mol. The van der Waals surface area contributed by atoms with Crippen molar-refractivity contribution in [2.75, 3.05) is 0 Å². The molecule has 0 spiro atoms. The second-order valence-corrected chi connectivity index (χ2v) is 34.0. The number of aryl methyl sites for hydroxylation is 4. The van der Waals surface area contributed by atoms with Crippen molar-refractivity contribution >= 4 is 125 Å². The second kappa shape index (κ2) is 14.4. The molecular formula is C58H50N8O2Si3. The van der Waals surface area contributed by atoms with Gasteiger partial charge < -0.3 is 8.23 Å². The summed E-state index contributed by atoms with van der Waals surface area (Å²) in [6.07, 6.45) is 0. The molecule has 4 aliphatic heterocycles. The van der Waals surface area contributed by atoms with Crippen LogP contribution in [-0.4, -0.2) is 57.3 Å². The standard InChI is InChI=1S/C58H50N8O2Si3/c1-31-11-15-35-23-43-45(27-39(35)19-31)53-59-51(43)61-55-47-25-37-17-13-34(4)22-42(37)30-50(47)58-64-54-46-28-40-20-32(2)12-16-36(40)24-44(46)52(60-54)62-57-49-29-41-21-33(3)14-18-38(41)26-48(49)56(63-53)66(57)71(65(55)58,67-69(5,6)7)68-70(8,9)10/h11-30H,1-10H3. The minimum absolute atomic E-state index is 0.574. The summed E-state index contributed by atoms with van der Waals surface area (Å²) in [6, 6.07) is 44.4. The van der Waals surface area contributed by atoms with E-state index in [1.165, 1.54) is 22.3 Å². The number of aliphatic imine (C=N–C) groups is 4. The van der Waals surface area contributed by atoms with Crippen LogP contribution in [0.3, 0.4) is 0 Å². The molecule has 0 radical (unpaired) electrons. The van der Waals surface area contributed by atoms with Gasteiger partial charge in [-0.05, 0) is 159 Å². The van der Waals surface area contributed by atoms with Crippen molar-refractivity contribution in [1.29, 1.82) is 0 Å². The average Bonchev–Trinajstić information content (AvgIpc) is 3.99. The molecule has 2 aromatic heterocycles. The summed E-state index contributed by atoms with van der Waals surface area (Å²) >= 11 is 0. The molecule has 14 rings (SSSR count). The number of benzene rings is 8. The Morgan fingerprint density at radius 1 is 0.338 bits per heavy atom. The zero-order chi connectivity index (χ0) is 48.6. The molecule has 0 unspecified atom stereocenters. The first-order chi connectivity index (χ1) is 33.9. The Morgan fingerprint density at radius 3 is 1.04 bits per heavy atom. The number of amidine groups is 4. The van der Waals surface area contributed by atoms with Crippen LogP contribution in [0.2, 0.25) is 39.3 Å². The zero-order valence-corrected chi connectivity index (χ0v) is 44.4. The van der Waals surface area contributed by atoms with E-state index in [1.54, 1.807) is 0 Å². The van der Waals surface area contributed by atoms with E-state index in [4.69, 9.17) is 38.2 Å². The monoisotopic (exact) mass is 974 g/mol. The maximum Gasteiger partial charge on any atom is 0.582 e. The highest BCUT2D eigenvalue weighted by Crippen LogP contribution is 2.47. The van der Waals surface area contributed by atoms with E-state index in [0.717, 1.165) is 86.9 Å². The van der Waals surface area contributed by atoms with Gasteiger partial charge in [0.25, 0.3) is 0 Å². The van der Waals surface area contributed by atoms with Crippen molar-refractivity contribution in [2.24, 2.45) is 30.0 Å². The Balaban J connectivity index is 1.29. The topological polar surface area (TPSA) is 102 Å².